The average molecular weight is 345 g/mol. The van der Waals surface area contributed by atoms with E-state index in [4.69, 9.17) is 15.9 Å². The fourth-order valence-electron chi connectivity index (χ4n) is 2.69. The fraction of sp³-hybridized carbons (Fsp3) is 0.882. The van der Waals surface area contributed by atoms with Crippen molar-refractivity contribution in [3.63, 3.8) is 0 Å². The lowest BCUT2D eigenvalue weighted by Gasteiger charge is -2.34. The Bertz CT molecular complexity index is 392. The van der Waals surface area contributed by atoms with Crippen LogP contribution in [0.15, 0.2) is 0 Å². The molecule has 0 spiro atoms. The summed E-state index contributed by atoms with van der Waals surface area (Å²) >= 11 is 0. The standard InChI is InChI=1S/C17H35N3O4/c1-6-11(3)13(18)10-20(5)15(12(4)7-2)16(22)19-14(8-9-21)17(23)24/h11-15,21H,6-10,18H2,1-5H3,(H,19,22)(H,23,24)/t11-,12-,13+,14-,15-/m0/s1. The summed E-state index contributed by atoms with van der Waals surface area (Å²) < 4.78 is 0. The van der Waals surface area contributed by atoms with Crippen molar-refractivity contribution >= 4 is 11.9 Å². The topological polar surface area (TPSA) is 116 Å². The molecular weight excluding hydrogens is 310 g/mol. The Labute approximate surface area is 145 Å². The van der Waals surface area contributed by atoms with Gasteiger partial charge in [0.05, 0.1) is 6.04 Å². The monoisotopic (exact) mass is 345 g/mol. The molecule has 7 nitrogen and oxygen atoms in total. The molecule has 0 rings (SSSR count). The second-order valence-corrected chi connectivity index (χ2v) is 6.73. The molecule has 0 aromatic heterocycles. The molecule has 0 saturated carbocycles. The molecule has 0 bridgehead atoms. The van der Waals surface area contributed by atoms with E-state index in [1.54, 1.807) is 0 Å². The van der Waals surface area contributed by atoms with E-state index in [0.717, 1.165) is 12.8 Å². The zero-order valence-electron chi connectivity index (χ0n) is 15.7. The first-order valence-electron chi connectivity index (χ1n) is 8.79. The molecule has 0 aliphatic carbocycles. The maximum Gasteiger partial charge on any atom is 0.326 e. The molecule has 0 aromatic carbocycles. The quantitative estimate of drug-likeness (QED) is 0.413. The molecule has 0 aromatic rings. The minimum absolute atomic E-state index is 0.00953. The van der Waals surface area contributed by atoms with Crippen molar-refractivity contribution in [2.24, 2.45) is 17.6 Å². The van der Waals surface area contributed by atoms with Crippen molar-refractivity contribution in [2.75, 3.05) is 20.2 Å². The third-order valence-electron chi connectivity index (χ3n) is 4.83. The number of hydrogen-bond donors (Lipinski definition) is 4. The number of amides is 1. The number of nitrogens with zero attached hydrogens (tertiary/aromatic N) is 1. The molecule has 5 N–H and O–H groups in total. The van der Waals surface area contributed by atoms with Crippen LogP contribution in [0.1, 0.15) is 47.0 Å². The summed E-state index contributed by atoms with van der Waals surface area (Å²) in [7, 11) is 1.85. The first-order chi connectivity index (χ1) is 11.2. The van der Waals surface area contributed by atoms with Gasteiger partial charge >= 0.3 is 5.97 Å². The molecule has 0 saturated heterocycles. The lowest BCUT2D eigenvalue weighted by Crippen LogP contribution is -2.55. The fourth-order valence-corrected chi connectivity index (χ4v) is 2.69. The summed E-state index contributed by atoms with van der Waals surface area (Å²) in [6.07, 6.45) is 1.75. The summed E-state index contributed by atoms with van der Waals surface area (Å²) in [6.45, 7) is 8.40. The molecule has 0 unspecified atom stereocenters. The highest BCUT2D eigenvalue weighted by Gasteiger charge is 2.32. The van der Waals surface area contributed by atoms with E-state index < -0.39 is 18.1 Å². The Kier molecular flexibility index (Phi) is 10.8. The highest BCUT2D eigenvalue weighted by Crippen LogP contribution is 2.16. The zero-order valence-corrected chi connectivity index (χ0v) is 15.7. The lowest BCUT2D eigenvalue weighted by atomic mass is 9.94. The number of likely N-dealkylation sites (N-methyl/N-ethyl adjacent to an activating group) is 1. The summed E-state index contributed by atoms with van der Waals surface area (Å²) in [5.41, 5.74) is 6.20. The summed E-state index contributed by atoms with van der Waals surface area (Å²) in [5, 5.41) is 20.7. The second kappa shape index (κ2) is 11.4. The predicted octanol–water partition coefficient (Wildman–Crippen LogP) is 0.658. The molecule has 0 aliphatic rings. The van der Waals surface area contributed by atoms with Gasteiger partial charge in [-0.15, -0.1) is 0 Å². The van der Waals surface area contributed by atoms with Gasteiger partial charge in [-0.1, -0.05) is 40.5 Å². The van der Waals surface area contributed by atoms with Crippen LogP contribution in [0.4, 0.5) is 0 Å². The zero-order chi connectivity index (χ0) is 18.9. The predicted molar refractivity (Wildman–Crippen MR) is 94.6 cm³/mol. The number of carboxylic acids is 1. The number of carbonyl (C=O) groups is 2. The van der Waals surface area contributed by atoms with Crippen LogP contribution in [0.3, 0.4) is 0 Å². The van der Waals surface area contributed by atoms with Gasteiger partial charge in [0.2, 0.25) is 5.91 Å². The van der Waals surface area contributed by atoms with E-state index in [2.05, 4.69) is 19.2 Å². The molecule has 0 fully saturated rings. The van der Waals surface area contributed by atoms with Gasteiger partial charge in [0, 0.05) is 25.6 Å². The third-order valence-corrected chi connectivity index (χ3v) is 4.83. The van der Waals surface area contributed by atoms with Gasteiger partial charge in [-0.3, -0.25) is 9.69 Å². The number of carbonyl (C=O) groups excluding carboxylic acids is 1. The Hall–Kier alpha value is -1.18. The number of hydrogen-bond acceptors (Lipinski definition) is 5. The van der Waals surface area contributed by atoms with Crippen molar-refractivity contribution in [3.05, 3.63) is 0 Å². The Morgan fingerprint density at radius 2 is 1.71 bits per heavy atom. The molecule has 24 heavy (non-hydrogen) atoms. The van der Waals surface area contributed by atoms with Crippen LogP contribution in [0, 0.1) is 11.8 Å². The van der Waals surface area contributed by atoms with Crippen LogP contribution >= 0.6 is 0 Å². The highest BCUT2D eigenvalue weighted by molar-refractivity contribution is 5.87. The van der Waals surface area contributed by atoms with Gasteiger partial charge in [0.1, 0.15) is 6.04 Å². The van der Waals surface area contributed by atoms with Crippen LogP contribution in [0.25, 0.3) is 0 Å². The Morgan fingerprint density at radius 3 is 2.12 bits per heavy atom. The van der Waals surface area contributed by atoms with Crippen molar-refractivity contribution in [3.8, 4) is 0 Å². The number of aliphatic carboxylic acids is 1. The molecule has 7 heteroatoms. The number of rotatable bonds is 12. The number of nitrogens with two attached hydrogens (primary N) is 1. The minimum Gasteiger partial charge on any atom is -0.480 e. The number of aliphatic hydroxyl groups excluding tert-OH is 1. The van der Waals surface area contributed by atoms with E-state index >= 15 is 0 Å². The number of carboxylic acid groups (broad SMARTS) is 1. The summed E-state index contributed by atoms with van der Waals surface area (Å²) in [5.74, 6) is -1.07. The van der Waals surface area contributed by atoms with Crippen LogP contribution < -0.4 is 11.1 Å². The number of aliphatic hydroxyl groups is 1. The first-order valence-corrected chi connectivity index (χ1v) is 8.79. The lowest BCUT2D eigenvalue weighted by molar-refractivity contribution is -0.143. The molecule has 142 valence electrons. The molecule has 1 amide bonds. The van der Waals surface area contributed by atoms with Crippen molar-refractivity contribution in [1.82, 2.24) is 10.2 Å². The molecule has 5 atom stereocenters. The normalized spacial score (nSPS) is 17.8. The van der Waals surface area contributed by atoms with E-state index in [-0.39, 0.29) is 30.9 Å². The van der Waals surface area contributed by atoms with Gasteiger partial charge in [-0.2, -0.15) is 0 Å². The minimum atomic E-state index is -1.14. The van der Waals surface area contributed by atoms with Crippen LogP contribution in [-0.2, 0) is 9.59 Å². The van der Waals surface area contributed by atoms with Crippen molar-refractivity contribution in [2.45, 2.75) is 65.1 Å². The average Bonchev–Trinajstić information content (AvgIpc) is 2.53. The maximum atomic E-state index is 12.7. The van der Waals surface area contributed by atoms with Crippen LogP contribution in [-0.4, -0.2) is 65.3 Å². The van der Waals surface area contributed by atoms with E-state index in [1.807, 2.05) is 25.8 Å². The SMILES string of the molecule is CC[C@H](C)[C@H](N)CN(C)[C@H](C(=O)N[C@@H](CCO)C(=O)O)[C@@H](C)CC. The number of nitrogens with one attached hydrogen (secondary N) is 1. The van der Waals surface area contributed by atoms with Gasteiger partial charge in [0.25, 0.3) is 0 Å². The molecule has 0 heterocycles. The van der Waals surface area contributed by atoms with Crippen molar-refractivity contribution < 1.29 is 19.8 Å². The Balaban J connectivity index is 5.10. The molecular formula is C17H35N3O4. The molecule has 0 radical (unpaired) electrons. The van der Waals surface area contributed by atoms with Crippen LogP contribution in [0.5, 0.6) is 0 Å². The summed E-state index contributed by atoms with van der Waals surface area (Å²) in [6, 6.07) is -1.58. The van der Waals surface area contributed by atoms with Crippen molar-refractivity contribution in [1.29, 1.82) is 0 Å². The summed E-state index contributed by atoms with van der Waals surface area (Å²) in [4.78, 5) is 25.8. The van der Waals surface area contributed by atoms with E-state index in [0.29, 0.717) is 12.5 Å². The van der Waals surface area contributed by atoms with Gasteiger partial charge in [-0.25, -0.2) is 4.79 Å². The largest absolute Gasteiger partial charge is 0.480 e. The second-order valence-electron chi connectivity index (χ2n) is 6.73. The van der Waals surface area contributed by atoms with Crippen LogP contribution in [0.2, 0.25) is 0 Å². The first kappa shape index (κ1) is 22.8. The van der Waals surface area contributed by atoms with E-state index in [9.17, 15) is 9.59 Å². The third kappa shape index (κ3) is 7.15. The van der Waals surface area contributed by atoms with E-state index in [1.165, 1.54) is 0 Å². The highest BCUT2D eigenvalue weighted by atomic mass is 16.4. The maximum absolute atomic E-state index is 12.7. The van der Waals surface area contributed by atoms with Gasteiger partial charge in [-0.05, 0) is 18.9 Å². The Morgan fingerprint density at radius 1 is 1.17 bits per heavy atom. The van der Waals surface area contributed by atoms with Gasteiger partial charge < -0.3 is 21.3 Å². The molecule has 0 aliphatic heterocycles. The van der Waals surface area contributed by atoms with Gasteiger partial charge in [0.15, 0.2) is 0 Å². The smallest absolute Gasteiger partial charge is 0.326 e.